The second-order valence-corrected chi connectivity index (χ2v) is 9.40. The number of hydrogen-bond acceptors (Lipinski definition) is 4. The summed E-state index contributed by atoms with van der Waals surface area (Å²) in [5.41, 5.74) is -2.99. The first-order valence-electron chi connectivity index (χ1n) is 9.87. The molecule has 0 aromatic heterocycles. The summed E-state index contributed by atoms with van der Waals surface area (Å²) in [6, 6.07) is 7.87. The molecule has 0 atom stereocenters. The van der Waals surface area contributed by atoms with Crippen molar-refractivity contribution in [3.63, 3.8) is 0 Å². The fourth-order valence-electron chi connectivity index (χ4n) is 3.27. The van der Waals surface area contributed by atoms with E-state index in [4.69, 9.17) is 0 Å². The van der Waals surface area contributed by atoms with Gasteiger partial charge in [-0.1, -0.05) is 24.3 Å². The number of guanidine groups is 1. The van der Waals surface area contributed by atoms with Gasteiger partial charge in [0.2, 0.25) is 0 Å². The van der Waals surface area contributed by atoms with E-state index in [1.54, 1.807) is 0 Å². The summed E-state index contributed by atoms with van der Waals surface area (Å²) in [5, 5.41) is 6.37. The lowest BCUT2D eigenvalue weighted by atomic mass is 10.1. The van der Waals surface area contributed by atoms with Crippen LogP contribution in [0, 0.1) is 0 Å². The third kappa shape index (κ3) is 8.06. The van der Waals surface area contributed by atoms with Gasteiger partial charge >= 0.3 is 15.5 Å². The SMILES string of the molecule is CCNC(=NCc1ccccc1CN(C)C)NC1CCN(S(=O)(=O)C(F)(F)F)CC1.I. The lowest BCUT2D eigenvalue weighted by molar-refractivity contribution is -0.0494. The van der Waals surface area contributed by atoms with Gasteiger partial charge in [0, 0.05) is 32.2 Å². The van der Waals surface area contributed by atoms with Crippen LogP contribution in [0.5, 0.6) is 0 Å². The molecule has 0 spiro atoms. The van der Waals surface area contributed by atoms with Gasteiger partial charge in [0.05, 0.1) is 6.54 Å². The second-order valence-electron chi connectivity index (χ2n) is 7.47. The maximum Gasteiger partial charge on any atom is 0.511 e. The molecule has 1 saturated heterocycles. The zero-order chi connectivity index (χ0) is 22.4. The Morgan fingerprint density at radius 3 is 2.29 bits per heavy atom. The van der Waals surface area contributed by atoms with Gasteiger partial charge in [-0.05, 0) is 45.0 Å². The molecule has 1 aromatic rings. The average molecular weight is 577 g/mol. The third-order valence-corrected chi connectivity index (χ3v) is 6.41. The van der Waals surface area contributed by atoms with Gasteiger partial charge in [-0.2, -0.15) is 17.5 Å². The van der Waals surface area contributed by atoms with Crippen molar-refractivity contribution in [1.29, 1.82) is 0 Å². The molecule has 0 saturated carbocycles. The molecule has 1 aromatic carbocycles. The second kappa shape index (κ2) is 12.2. The first-order valence-corrected chi connectivity index (χ1v) is 11.3. The summed E-state index contributed by atoms with van der Waals surface area (Å²) in [6.07, 6.45) is 0.549. The normalized spacial score (nSPS) is 16.8. The smallest absolute Gasteiger partial charge is 0.357 e. The van der Waals surface area contributed by atoms with E-state index < -0.39 is 15.5 Å². The van der Waals surface area contributed by atoms with Crippen molar-refractivity contribution in [2.75, 3.05) is 33.7 Å². The van der Waals surface area contributed by atoms with E-state index in [2.05, 4.69) is 26.6 Å². The highest BCUT2D eigenvalue weighted by Gasteiger charge is 2.50. The molecule has 0 unspecified atom stereocenters. The highest BCUT2D eigenvalue weighted by molar-refractivity contribution is 14.0. The number of sulfonamides is 1. The van der Waals surface area contributed by atoms with Crippen molar-refractivity contribution in [2.24, 2.45) is 4.99 Å². The van der Waals surface area contributed by atoms with Crippen LogP contribution >= 0.6 is 24.0 Å². The topological polar surface area (TPSA) is 77.0 Å². The lowest BCUT2D eigenvalue weighted by Gasteiger charge is -2.32. The van der Waals surface area contributed by atoms with Gasteiger partial charge in [-0.3, -0.25) is 0 Å². The van der Waals surface area contributed by atoms with Gasteiger partial charge in [0.15, 0.2) is 5.96 Å². The van der Waals surface area contributed by atoms with Crippen LogP contribution in [0.3, 0.4) is 0 Å². The number of hydrogen-bond donors (Lipinski definition) is 2. The van der Waals surface area contributed by atoms with E-state index in [9.17, 15) is 21.6 Å². The van der Waals surface area contributed by atoms with Gasteiger partial charge in [0.1, 0.15) is 0 Å². The van der Waals surface area contributed by atoms with Crippen LogP contribution < -0.4 is 10.6 Å². The molecule has 12 heteroatoms. The fourth-order valence-corrected chi connectivity index (χ4v) is 4.26. The number of benzene rings is 1. The van der Waals surface area contributed by atoms with Crippen LogP contribution in [-0.2, 0) is 23.1 Å². The molecule has 7 nitrogen and oxygen atoms in total. The molecular formula is C19H31F3IN5O2S. The van der Waals surface area contributed by atoms with Gasteiger partial charge in [-0.15, -0.1) is 24.0 Å². The molecule has 1 aliphatic heterocycles. The van der Waals surface area contributed by atoms with Crippen LogP contribution in [0.1, 0.15) is 30.9 Å². The first kappa shape index (κ1) is 27.9. The molecule has 178 valence electrons. The molecule has 0 bridgehead atoms. The summed E-state index contributed by atoms with van der Waals surface area (Å²) in [7, 11) is -1.27. The monoisotopic (exact) mass is 577 g/mol. The number of piperidine rings is 1. The van der Waals surface area contributed by atoms with Crippen molar-refractivity contribution < 1.29 is 21.6 Å². The van der Waals surface area contributed by atoms with Gasteiger partial charge < -0.3 is 15.5 Å². The van der Waals surface area contributed by atoms with Crippen LogP contribution in [0.25, 0.3) is 0 Å². The summed E-state index contributed by atoms with van der Waals surface area (Å²) < 4.78 is 61.8. The highest BCUT2D eigenvalue weighted by atomic mass is 127. The summed E-state index contributed by atoms with van der Waals surface area (Å²) in [5.74, 6) is 0.564. The molecular weight excluding hydrogens is 546 g/mol. The Morgan fingerprint density at radius 2 is 1.77 bits per heavy atom. The molecule has 0 aliphatic carbocycles. The van der Waals surface area contributed by atoms with Crippen LogP contribution in [0.2, 0.25) is 0 Å². The van der Waals surface area contributed by atoms with E-state index in [1.807, 2.05) is 39.2 Å². The standard InChI is InChI=1S/C19H30F3N5O2S.HI/c1-4-23-18(24-13-15-7-5-6-8-16(15)14-26(2)3)25-17-9-11-27(12-10-17)30(28,29)19(20,21)22;/h5-8,17H,4,9-14H2,1-3H3,(H2,23,24,25);1H. The molecule has 1 aliphatic rings. The van der Waals surface area contributed by atoms with Crippen LogP contribution in [0.4, 0.5) is 13.2 Å². The van der Waals surface area contributed by atoms with E-state index in [0.29, 0.717) is 23.4 Å². The Hall–Kier alpha value is -1.12. The summed E-state index contributed by atoms with van der Waals surface area (Å²) in [6.45, 7) is 3.46. The number of halogens is 4. The van der Waals surface area contributed by atoms with Crippen LogP contribution in [-0.4, -0.2) is 68.9 Å². The highest BCUT2D eigenvalue weighted by Crippen LogP contribution is 2.28. The molecule has 31 heavy (non-hydrogen) atoms. The zero-order valence-electron chi connectivity index (χ0n) is 17.9. The predicted octanol–water partition coefficient (Wildman–Crippen LogP) is 2.74. The molecule has 2 N–H and O–H groups in total. The molecule has 0 radical (unpaired) electrons. The Bertz CT molecular complexity index is 826. The Morgan fingerprint density at radius 1 is 1.19 bits per heavy atom. The van der Waals surface area contributed by atoms with Crippen molar-refractivity contribution in [2.45, 2.75) is 44.4 Å². The van der Waals surface area contributed by atoms with E-state index >= 15 is 0 Å². The number of aliphatic imine (C=N–C) groups is 1. The zero-order valence-corrected chi connectivity index (χ0v) is 21.1. The minimum absolute atomic E-state index is 0. The molecule has 0 amide bonds. The maximum atomic E-state index is 12.7. The summed E-state index contributed by atoms with van der Waals surface area (Å²) >= 11 is 0. The molecule has 1 fully saturated rings. The average Bonchev–Trinajstić information content (AvgIpc) is 2.66. The third-order valence-electron chi connectivity index (χ3n) is 4.78. The van der Waals surface area contributed by atoms with E-state index in [1.165, 1.54) is 5.56 Å². The largest absolute Gasteiger partial charge is 0.511 e. The Balaban J connectivity index is 0.00000480. The Kier molecular flexibility index (Phi) is 11.0. The summed E-state index contributed by atoms with van der Waals surface area (Å²) in [4.78, 5) is 6.70. The molecule has 1 heterocycles. The minimum Gasteiger partial charge on any atom is -0.357 e. The molecule has 2 rings (SSSR count). The minimum atomic E-state index is -5.27. The van der Waals surface area contributed by atoms with Crippen molar-refractivity contribution in [1.82, 2.24) is 19.8 Å². The Labute approximate surface area is 199 Å². The van der Waals surface area contributed by atoms with Crippen LogP contribution in [0.15, 0.2) is 29.3 Å². The maximum absolute atomic E-state index is 12.7. The predicted molar refractivity (Wildman–Crippen MR) is 127 cm³/mol. The van der Waals surface area contributed by atoms with Crippen molar-refractivity contribution in [3.8, 4) is 0 Å². The first-order chi connectivity index (χ1) is 14.0. The van der Waals surface area contributed by atoms with Crippen molar-refractivity contribution in [3.05, 3.63) is 35.4 Å². The van der Waals surface area contributed by atoms with Gasteiger partial charge in [-0.25, -0.2) is 13.4 Å². The number of alkyl halides is 3. The number of nitrogens with zero attached hydrogens (tertiary/aromatic N) is 3. The number of rotatable bonds is 7. The van der Waals surface area contributed by atoms with Gasteiger partial charge in [0.25, 0.3) is 0 Å². The van der Waals surface area contributed by atoms with Crippen molar-refractivity contribution >= 4 is 40.0 Å². The van der Waals surface area contributed by atoms with E-state index in [0.717, 1.165) is 12.1 Å². The van der Waals surface area contributed by atoms with E-state index in [-0.39, 0.29) is 55.9 Å². The quantitative estimate of drug-likeness (QED) is 0.296. The lowest BCUT2D eigenvalue weighted by Crippen LogP contribution is -2.51. The number of nitrogens with one attached hydrogen (secondary N) is 2. The fraction of sp³-hybridized carbons (Fsp3) is 0.632.